The summed E-state index contributed by atoms with van der Waals surface area (Å²) >= 11 is 0. The van der Waals surface area contributed by atoms with Crippen LogP contribution in [0.25, 0.3) is 11.1 Å². The van der Waals surface area contributed by atoms with Crippen molar-refractivity contribution in [1.29, 1.82) is 0 Å². The van der Waals surface area contributed by atoms with Gasteiger partial charge in [-0.2, -0.15) is 0 Å². The topological polar surface area (TPSA) is 9.23 Å². The largest absolute Gasteiger partial charge is 0.493 e. The Balaban J connectivity index is 1.37. The molecule has 1 nitrogen and oxygen atoms in total. The van der Waals surface area contributed by atoms with E-state index in [0.717, 1.165) is 31.6 Å². The molecule has 0 N–H and O–H groups in total. The number of fused-ring (bicyclic) bond motifs is 1. The Morgan fingerprint density at radius 2 is 1.67 bits per heavy atom. The van der Waals surface area contributed by atoms with Gasteiger partial charge in [0.05, 0.1) is 6.61 Å². The lowest BCUT2D eigenvalue weighted by Crippen LogP contribution is -2.13. The lowest BCUT2D eigenvalue weighted by Gasteiger charge is -2.26. The van der Waals surface area contributed by atoms with Gasteiger partial charge in [-0.15, -0.1) is 0 Å². The van der Waals surface area contributed by atoms with Gasteiger partial charge in [-0.1, -0.05) is 86.5 Å². The van der Waals surface area contributed by atoms with Crippen molar-refractivity contribution in [3.8, 4) is 16.9 Å². The highest BCUT2D eigenvalue weighted by molar-refractivity contribution is 5.66. The fraction of sp³-hybridized carbons (Fsp3) is 0.375. The summed E-state index contributed by atoms with van der Waals surface area (Å²) in [6, 6.07) is 25.1. The molecule has 3 aromatic carbocycles. The molecule has 0 saturated heterocycles. The molecule has 0 bridgehead atoms. The summed E-state index contributed by atoms with van der Waals surface area (Å²) in [5.74, 6) is 1.59. The van der Waals surface area contributed by atoms with Crippen molar-refractivity contribution < 1.29 is 4.74 Å². The van der Waals surface area contributed by atoms with Gasteiger partial charge in [-0.05, 0) is 96.9 Å². The maximum absolute atomic E-state index is 5.82. The van der Waals surface area contributed by atoms with Crippen LogP contribution in [0.1, 0.15) is 74.1 Å². The monoisotopic (exact) mass is 438 g/mol. The standard InChI is InChI=1S/C32H38O/c1-3-5-7-9-25-10-12-26(13-11-25)28-14-16-31-24-29(15-17-30(31)23-28)27-18-20-32(21-19-27)33-22-8-6-4-2/h4,6,10-13,15,17-21,24,28H,3,5,7-9,14,16,22-23H2,1-2H3/b6-4+. The number of hydrogen-bond acceptors (Lipinski definition) is 1. The van der Waals surface area contributed by atoms with Gasteiger partial charge in [0, 0.05) is 0 Å². The molecule has 33 heavy (non-hydrogen) atoms. The molecule has 0 saturated carbocycles. The first-order valence-corrected chi connectivity index (χ1v) is 12.8. The van der Waals surface area contributed by atoms with Gasteiger partial charge in [0.15, 0.2) is 0 Å². The maximum Gasteiger partial charge on any atom is 0.119 e. The van der Waals surface area contributed by atoms with Crippen molar-refractivity contribution >= 4 is 0 Å². The summed E-state index contributed by atoms with van der Waals surface area (Å²) in [5.41, 5.74) is 8.61. The van der Waals surface area contributed by atoms with Crippen molar-refractivity contribution in [2.45, 2.75) is 71.1 Å². The number of hydrogen-bond donors (Lipinski definition) is 0. The number of allylic oxidation sites excluding steroid dienone is 1. The predicted octanol–water partition coefficient (Wildman–Crippen LogP) is 8.70. The average molecular weight is 439 g/mol. The quantitative estimate of drug-likeness (QED) is 0.227. The van der Waals surface area contributed by atoms with Crippen molar-refractivity contribution in [2.75, 3.05) is 6.61 Å². The third kappa shape index (κ3) is 6.38. The Hall–Kier alpha value is -2.80. The second-order valence-electron chi connectivity index (χ2n) is 9.35. The van der Waals surface area contributed by atoms with E-state index < -0.39 is 0 Å². The molecule has 0 aromatic heterocycles. The average Bonchev–Trinajstić information content (AvgIpc) is 2.87. The van der Waals surface area contributed by atoms with Crippen molar-refractivity contribution in [2.24, 2.45) is 0 Å². The van der Waals surface area contributed by atoms with Crippen LogP contribution in [0.2, 0.25) is 0 Å². The molecule has 0 amide bonds. The SMILES string of the molecule is C/C=C/CCOc1ccc(-c2ccc3c(c2)CCC(c2ccc(CCCCC)cc2)C3)cc1. The van der Waals surface area contributed by atoms with E-state index in [1.807, 2.05) is 6.92 Å². The van der Waals surface area contributed by atoms with Crippen molar-refractivity contribution in [3.05, 3.63) is 101 Å². The third-order valence-corrected chi connectivity index (χ3v) is 6.93. The van der Waals surface area contributed by atoms with Crippen LogP contribution in [0.5, 0.6) is 5.75 Å². The van der Waals surface area contributed by atoms with E-state index in [9.17, 15) is 0 Å². The Morgan fingerprint density at radius 3 is 2.42 bits per heavy atom. The molecule has 0 radical (unpaired) electrons. The number of aryl methyl sites for hydroxylation is 2. The number of rotatable bonds is 10. The molecule has 4 rings (SSSR count). The number of unbranched alkanes of at least 4 members (excludes halogenated alkanes) is 2. The van der Waals surface area contributed by atoms with E-state index in [1.54, 1.807) is 0 Å². The highest BCUT2D eigenvalue weighted by Crippen LogP contribution is 2.35. The Morgan fingerprint density at radius 1 is 0.879 bits per heavy atom. The molecule has 1 heteroatoms. The summed E-state index contributed by atoms with van der Waals surface area (Å²) in [4.78, 5) is 0. The molecular weight excluding hydrogens is 400 g/mol. The molecule has 0 heterocycles. The van der Waals surface area contributed by atoms with Gasteiger partial charge in [0.2, 0.25) is 0 Å². The van der Waals surface area contributed by atoms with Crippen LogP contribution in [0.15, 0.2) is 78.9 Å². The zero-order valence-electron chi connectivity index (χ0n) is 20.4. The first-order valence-electron chi connectivity index (χ1n) is 12.8. The minimum Gasteiger partial charge on any atom is -0.493 e. The number of ether oxygens (including phenoxy) is 1. The highest BCUT2D eigenvalue weighted by atomic mass is 16.5. The summed E-state index contributed by atoms with van der Waals surface area (Å²) in [6.45, 7) is 5.04. The summed E-state index contributed by atoms with van der Waals surface area (Å²) in [6.07, 6.45) is 13.9. The molecule has 1 unspecified atom stereocenters. The second-order valence-corrected chi connectivity index (χ2v) is 9.35. The molecule has 172 valence electrons. The third-order valence-electron chi connectivity index (χ3n) is 6.93. The van der Waals surface area contributed by atoms with Gasteiger partial charge < -0.3 is 4.74 Å². The van der Waals surface area contributed by atoms with Crippen LogP contribution in [-0.4, -0.2) is 6.61 Å². The summed E-state index contributed by atoms with van der Waals surface area (Å²) in [5, 5.41) is 0. The minimum atomic E-state index is 0.645. The maximum atomic E-state index is 5.82. The van der Waals surface area contributed by atoms with E-state index >= 15 is 0 Å². The first kappa shape index (κ1) is 23.4. The zero-order chi connectivity index (χ0) is 22.9. The lowest BCUT2D eigenvalue weighted by atomic mass is 9.79. The Labute approximate surface area is 200 Å². The Kier molecular flexibility index (Phi) is 8.41. The molecule has 0 aliphatic heterocycles. The molecule has 1 aliphatic rings. The minimum absolute atomic E-state index is 0.645. The van der Waals surface area contributed by atoms with Crippen LogP contribution in [-0.2, 0) is 19.3 Å². The van der Waals surface area contributed by atoms with Crippen LogP contribution < -0.4 is 4.74 Å². The molecule has 1 atom stereocenters. The van der Waals surface area contributed by atoms with Gasteiger partial charge in [0.1, 0.15) is 5.75 Å². The fourth-order valence-corrected chi connectivity index (χ4v) is 4.91. The van der Waals surface area contributed by atoms with E-state index in [4.69, 9.17) is 4.74 Å². The normalized spacial score (nSPS) is 15.5. The molecule has 1 aliphatic carbocycles. The summed E-state index contributed by atoms with van der Waals surface area (Å²) < 4.78 is 5.82. The lowest BCUT2D eigenvalue weighted by molar-refractivity contribution is 0.325. The van der Waals surface area contributed by atoms with Gasteiger partial charge >= 0.3 is 0 Å². The van der Waals surface area contributed by atoms with E-state index in [1.165, 1.54) is 65.5 Å². The zero-order valence-corrected chi connectivity index (χ0v) is 20.4. The van der Waals surface area contributed by atoms with E-state index in [2.05, 4.69) is 85.8 Å². The molecular formula is C32H38O. The highest BCUT2D eigenvalue weighted by Gasteiger charge is 2.20. The first-order chi connectivity index (χ1) is 16.3. The van der Waals surface area contributed by atoms with Gasteiger partial charge in [-0.25, -0.2) is 0 Å². The second kappa shape index (κ2) is 11.9. The summed E-state index contributed by atoms with van der Waals surface area (Å²) in [7, 11) is 0. The molecule has 0 spiro atoms. The predicted molar refractivity (Wildman–Crippen MR) is 141 cm³/mol. The smallest absolute Gasteiger partial charge is 0.119 e. The van der Waals surface area contributed by atoms with Gasteiger partial charge in [0.25, 0.3) is 0 Å². The van der Waals surface area contributed by atoms with E-state index in [-0.39, 0.29) is 0 Å². The van der Waals surface area contributed by atoms with Crippen LogP contribution in [0.3, 0.4) is 0 Å². The van der Waals surface area contributed by atoms with Crippen molar-refractivity contribution in [3.63, 3.8) is 0 Å². The fourth-order valence-electron chi connectivity index (χ4n) is 4.91. The molecule has 3 aromatic rings. The van der Waals surface area contributed by atoms with Crippen LogP contribution in [0, 0.1) is 0 Å². The van der Waals surface area contributed by atoms with Crippen LogP contribution in [0.4, 0.5) is 0 Å². The van der Waals surface area contributed by atoms with Crippen molar-refractivity contribution in [1.82, 2.24) is 0 Å². The van der Waals surface area contributed by atoms with Crippen LogP contribution >= 0.6 is 0 Å². The van der Waals surface area contributed by atoms with Gasteiger partial charge in [-0.3, -0.25) is 0 Å². The molecule has 0 fully saturated rings. The number of benzene rings is 3. The van der Waals surface area contributed by atoms with E-state index in [0.29, 0.717) is 5.92 Å². The Bertz CT molecular complexity index is 1030.